The van der Waals surface area contributed by atoms with Gasteiger partial charge < -0.3 is 19.7 Å². The third-order valence-electron chi connectivity index (χ3n) is 6.40. The molecule has 1 aromatic heterocycles. The van der Waals surface area contributed by atoms with E-state index in [4.69, 9.17) is 9.47 Å². The van der Waals surface area contributed by atoms with E-state index in [1.807, 2.05) is 6.07 Å². The number of fused-ring (bicyclic) bond motifs is 1. The maximum Gasteiger partial charge on any atom is 0.255 e. The Kier molecular flexibility index (Phi) is 8.32. The molecule has 1 unspecified atom stereocenters. The fraction of sp³-hybridized carbons (Fsp3) is 0.423. The van der Waals surface area contributed by atoms with Crippen molar-refractivity contribution in [3.63, 3.8) is 0 Å². The molecule has 3 heterocycles. The van der Waals surface area contributed by atoms with Crippen LogP contribution in [0.3, 0.4) is 0 Å². The highest BCUT2D eigenvalue weighted by atomic mass is 19.1. The molecule has 0 spiro atoms. The van der Waals surface area contributed by atoms with Crippen molar-refractivity contribution in [1.29, 1.82) is 0 Å². The number of aromatic nitrogens is 1. The van der Waals surface area contributed by atoms with E-state index in [0.717, 1.165) is 37.4 Å². The first-order valence-corrected chi connectivity index (χ1v) is 12.3. The fourth-order valence-corrected chi connectivity index (χ4v) is 4.41. The summed E-state index contributed by atoms with van der Waals surface area (Å²) in [7, 11) is 1.40. The van der Waals surface area contributed by atoms with Gasteiger partial charge in [0.1, 0.15) is 11.8 Å². The Bertz CT molecular complexity index is 1200. The molecule has 2 aliphatic heterocycles. The van der Waals surface area contributed by atoms with Crippen LogP contribution in [0.5, 0.6) is 11.6 Å². The van der Waals surface area contributed by atoms with Crippen LogP contribution in [0, 0.1) is 5.82 Å². The molecule has 0 radical (unpaired) electrons. The monoisotopic (exact) mass is 512 g/mol. The first-order chi connectivity index (χ1) is 17.9. The topological polar surface area (TPSA) is 127 Å². The lowest BCUT2D eigenvalue weighted by Crippen LogP contribution is -2.52. The number of hydrogen-bond donors (Lipinski definition) is 2. The number of methoxy groups -OCH3 is 1. The van der Waals surface area contributed by atoms with Crippen molar-refractivity contribution in [3.05, 3.63) is 53.0 Å². The fourth-order valence-electron chi connectivity index (χ4n) is 4.41. The van der Waals surface area contributed by atoms with E-state index >= 15 is 0 Å². The summed E-state index contributed by atoms with van der Waals surface area (Å²) in [6.07, 6.45) is 4.81. The van der Waals surface area contributed by atoms with Crippen LogP contribution in [0.4, 0.5) is 4.39 Å². The summed E-state index contributed by atoms with van der Waals surface area (Å²) in [5.41, 5.74) is 1.24. The number of rotatable bonds is 11. The summed E-state index contributed by atoms with van der Waals surface area (Å²) < 4.78 is 24.6. The van der Waals surface area contributed by atoms with Gasteiger partial charge in [0.05, 0.1) is 25.5 Å². The number of imide groups is 1. The molecular formula is C26H29FN4O6. The zero-order valence-electron chi connectivity index (χ0n) is 20.5. The van der Waals surface area contributed by atoms with E-state index in [2.05, 4.69) is 15.6 Å². The van der Waals surface area contributed by atoms with Gasteiger partial charge in [0.25, 0.3) is 11.8 Å². The van der Waals surface area contributed by atoms with Gasteiger partial charge in [0.2, 0.25) is 17.7 Å². The summed E-state index contributed by atoms with van der Waals surface area (Å²) in [6, 6.07) is 5.90. The van der Waals surface area contributed by atoms with Crippen LogP contribution in [0.25, 0.3) is 0 Å². The molecule has 2 N–H and O–H groups in total. The largest absolute Gasteiger partial charge is 0.494 e. The van der Waals surface area contributed by atoms with Crippen LogP contribution in [0.15, 0.2) is 30.5 Å². The summed E-state index contributed by atoms with van der Waals surface area (Å²) in [5.74, 6) is -1.34. The average Bonchev–Trinajstić information content (AvgIpc) is 3.21. The van der Waals surface area contributed by atoms with E-state index in [1.54, 1.807) is 12.1 Å². The van der Waals surface area contributed by atoms with E-state index in [0.29, 0.717) is 37.4 Å². The third kappa shape index (κ3) is 6.22. The highest BCUT2D eigenvalue weighted by Gasteiger charge is 2.39. The molecule has 10 nitrogen and oxygen atoms in total. The van der Waals surface area contributed by atoms with Crippen LogP contribution >= 0.6 is 0 Å². The van der Waals surface area contributed by atoms with Gasteiger partial charge in [0.15, 0.2) is 5.82 Å². The standard InChI is InChI=1S/C26H29FN4O6/c1-36-23-13-19(20(27)14-29-23)24(33)28-10-4-2-3-5-11-37-17-6-7-18-16(12-17)15-31(26(18)35)21-8-9-22(32)30-25(21)34/h6-7,12-14,21H,2-5,8-11,15H2,1H3,(H,28,33)(H,30,32,34). The Morgan fingerprint density at radius 1 is 1.19 bits per heavy atom. The number of carbonyl (C=O) groups is 4. The third-order valence-corrected chi connectivity index (χ3v) is 6.40. The molecule has 1 atom stereocenters. The lowest BCUT2D eigenvalue weighted by Gasteiger charge is -2.29. The smallest absolute Gasteiger partial charge is 0.255 e. The van der Waals surface area contributed by atoms with Crippen LogP contribution in [-0.2, 0) is 16.1 Å². The maximum atomic E-state index is 13.8. The predicted octanol–water partition coefficient (Wildman–Crippen LogP) is 2.36. The summed E-state index contributed by atoms with van der Waals surface area (Å²) in [6.45, 7) is 1.23. The van der Waals surface area contributed by atoms with Gasteiger partial charge in [-0.3, -0.25) is 24.5 Å². The second kappa shape index (κ2) is 11.8. The van der Waals surface area contributed by atoms with E-state index in [1.165, 1.54) is 18.1 Å². The molecule has 4 amide bonds. The number of ether oxygens (including phenoxy) is 2. The second-order valence-electron chi connectivity index (χ2n) is 8.94. The average molecular weight is 513 g/mol. The lowest BCUT2D eigenvalue weighted by molar-refractivity contribution is -0.136. The van der Waals surface area contributed by atoms with Gasteiger partial charge in [-0.2, -0.15) is 0 Å². The number of carbonyl (C=O) groups excluding carboxylic acids is 4. The second-order valence-corrected chi connectivity index (χ2v) is 8.94. The molecule has 1 aromatic carbocycles. The number of pyridine rings is 1. The van der Waals surface area contributed by atoms with Crippen LogP contribution in [0.1, 0.15) is 64.8 Å². The van der Waals surface area contributed by atoms with Crippen LogP contribution in [0.2, 0.25) is 0 Å². The van der Waals surface area contributed by atoms with Gasteiger partial charge in [-0.15, -0.1) is 0 Å². The molecule has 1 saturated heterocycles. The predicted molar refractivity (Wildman–Crippen MR) is 130 cm³/mol. The van der Waals surface area contributed by atoms with Crippen molar-refractivity contribution in [3.8, 4) is 11.6 Å². The molecular weight excluding hydrogens is 483 g/mol. The van der Waals surface area contributed by atoms with Gasteiger partial charge in [0, 0.05) is 31.1 Å². The normalized spacial score (nSPS) is 16.9. The molecule has 0 saturated carbocycles. The van der Waals surface area contributed by atoms with Gasteiger partial charge >= 0.3 is 0 Å². The van der Waals surface area contributed by atoms with E-state index in [9.17, 15) is 23.6 Å². The highest BCUT2D eigenvalue weighted by molar-refractivity contribution is 6.05. The minimum absolute atomic E-state index is 0.100. The highest BCUT2D eigenvalue weighted by Crippen LogP contribution is 2.30. The number of amides is 4. The summed E-state index contributed by atoms with van der Waals surface area (Å²) >= 11 is 0. The van der Waals surface area contributed by atoms with Crippen molar-refractivity contribution >= 4 is 23.6 Å². The maximum absolute atomic E-state index is 13.8. The molecule has 0 bridgehead atoms. The Hall–Kier alpha value is -4.02. The molecule has 0 aliphatic carbocycles. The van der Waals surface area contributed by atoms with Gasteiger partial charge in [-0.1, -0.05) is 12.8 Å². The van der Waals surface area contributed by atoms with E-state index in [-0.39, 0.29) is 29.7 Å². The van der Waals surface area contributed by atoms with Crippen LogP contribution in [-0.4, -0.2) is 59.8 Å². The van der Waals surface area contributed by atoms with Crippen molar-refractivity contribution in [2.75, 3.05) is 20.3 Å². The zero-order valence-corrected chi connectivity index (χ0v) is 20.5. The molecule has 2 aromatic rings. The van der Waals surface area contributed by atoms with Crippen molar-refractivity contribution in [2.24, 2.45) is 0 Å². The minimum Gasteiger partial charge on any atom is -0.494 e. The number of nitrogens with one attached hydrogen (secondary N) is 2. The number of hydrogen-bond acceptors (Lipinski definition) is 7. The van der Waals surface area contributed by atoms with Crippen molar-refractivity contribution in [1.82, 2.24) is 20.5 Å². The Morgan fingerprint density at radius 3 is 2.78 bits per heavy atom. The Morgan fingerprint density at radius 2 is 2.00 bits per heavy atom. The number of unbranched alkanes of at least 4 members (excludes halogenated alkanes) is 3. The Balaban J connectivity index is 1.15. The minimum atomic E-state index is -0.699. The molecule has 2 aliphatic rings. The molecule has 196 valence electrons. The molecule has 4 rings (SSSR count). The Labute approximate surface area is 213 Å². The first-order valence-electron chi connectivity index (χ1n) is 12.3. The number of halogens is 1. The number of nitrogens with zero attached hydrogens (tertiary/aromatic N) is 2. The summed E-state index contributed by atoms with van der Waals surface area (Å²) in [4.78, 5) is 53.7. The van der Waals surface area contributed by atoms with Gasteiger partial charge in [-0.05, 0) is 43.0 Å². The van der Waals surface area contributed by atoms with Gasteiger partial charge in [-0.25, -0.2) is 9.37 Å². The zero-order chi connectivity index (χ0) is 26.4. The number of benzene rings is 1. The molecule has 11 heteroatoms. The quantitative estimate of drug-likeness (QED) is 0.350. The molecule has 37 heavy (non-hydrogen) atoms. The van der Waals surface area contributed by atoms with Crippen molar-refractivity contribution in [2.45, 2.75) is 51.1 Å². The summed E-state index contributed by atoms with van der Waals surface area (Å²) in [5, 5.41) is 5.00. The van der Waals surface area contributed by atoms with Crippen LogP contribution < -0.4 is 20.1 Å². The molecule has 1 fully saturated rings. The first kappa shape index (κ1) is 26.1. The van der Waals surface area contributed by atoms with E-state index < -0.39 is 23.7 Å². The number of piperidine rings is 1. The SMILES string of the molecule is COc1cc(C(=O)NCCCCCCOc2ccc3c(c2)CN(C2CCC(=O)NC2=O)C3=O)c(F)cn1. The lowest BCUT2D eigenvalue weighted by atomic mass is 10.0. The van der Waals surface area contributed by atoms with Crippen molar-refractivity contribution < 1.29 is 33.0 Å².